The van der Waals surface area contributed by atoms with E-state index in [-0.39, 0.29) is 42.6 Å². The van der Waals surface area contributed by atoms with Gasteiger partial charge in [-0.15, -0.1) is 11.3 Å². The summed E-state index contributed by atoms with van der Waals surface area (Å²) in [6.45, 7) is 6.13. The first-order valence-electron chi connectivity index (χ1n) is 14.7. The maximum Gasteiger partial charge on any atom is 0.263 e. The zero-order valence-electron chi connectivity index (χ0n) is 24.7. The molecule has 2 saturated heterocycles. The molecule has 3 aromatic heterocycles. The second-order valence-electron chi connectivity index (χ2n) is 11.1. The minimum absolute atomic E-state index is 0.0247. The van der Waals surface area contributed by atoms with Gasteiger partial charge in [-0.05, 0) is 30.7 Å². The summed E-state index contributed by atoms with van der Waals surface area (Å²) in [5, 5.41) is 0.0372. The Kier molecular flexibility index (Phi) is 7.89. The second-order valence-corrected chi connectivity index (χ2v) is 14.2. The lowest BCUT2D eigenvalue weighted by Gasteiger charge is -2.35. The first-order valence-corrected chi connectivity index (χ1v) is 16.9. The Balaban J connectivity index is 1.03. The number of hydrogen-bond donors (Lipinski definition) is 0. The van der Waals surface area contributed by atoms with Crippen LogP contribution in [-0.2, 0) is 27.9 Å². The van der Waals surface area contributed by atoms with Crippen molar-refractivity contribution in [2.45, 2.75) is 24.9 Å². The molecule has 0 spiro atoms. The molecule has 236 valence electrons. The van der Waals surface area contributed by atoms with E-state index in [9.17, 15) is 18.0 Å². The number of carbonyl (C=O) groups is 1. The van der Waals surface area contributed by atoms with Crippen molar-refractivity contribution in [3.05, 3.63) is 63.8 Å². The quantitative estimate of drug-likeness (QED) is 0.284. The Hall–Kier alpha value is -4.12. The van der Waals surface area contributed by atoms with Crippen LogP contribution in [-0.4, -0.2) is 107 Å². The lowest BCUT2D eigenvalue weighted by atomic mass is 10.1. The average molecular weight is 653 g/mol. The van der Waals surface area contributed by atoms with Gasteiger partial charge in [-0.2, -0.15) is 4.31 Å². The molecule has 1 amide bonds. The fourth-order valence-electron chi connectivity index (χ4n) is 5.95. The number of piperazine rings is 2. The standard InChI is InChI=1S/C29H32N8O6S2/c1-20-26(45(40,41)37-13-11-35(12-14-37)29-30-5-2-6-31-29)25-27(44-20)32-18-36(28(25)39)17-24(38)34-9-7-33(8-10-34)16-21-3-4-22-23(15-21)43-19-42-22/h2-6,15,18H,7-14,16-17,19H2,1H3. The number of ether oxygens (including phenoxy) is 2. The summed E-state index contributed by atoms with van der Waals surface area (Å²) in [6.07, 6.45) is 4.64. The Labute approximate surface area is 263 Å². The molecule has 45 heavy (non-hydrogen) atoms. The molecule has 7 rings (SSSR count). The van der Waals surface area contributed by atoms with Crippen LogP contribution in [0.5, 0.6) is 11.5 Å². The number of hydrogen-bond acceptors (Lipinski definition) is 12. The molecular formula is C29H32N8O6S2. The minimum Gasteiger partial charge on any atom is -0.454 e. The van der Waals surface area contributed by atoms with Crippen molar-refractivity contribution in [2.75, 3.05) is 64.1 Å². The Morgan fingerprint density at radius 1 is 0.956 bits per heavy atom. The van der Waals surface area contributed by atoms with Crippen LogP contribution in [0.25, 0.3) is 10.2 Å². The number of benzene rings is 1. The topological polar surface area (TPSA) is 143 Å². The molecule has 0 aliphatic carbocycles. The monoisotopic (exact) mass is 652 g/mol. The highest BCUT2D eigenvalue weighted by atomic mass is 32.2. The molecule has 2 fully saturated rings. The maximum absolute atomic E-state index is 13.9. The summed E-state index contributed by atoms with van der Waals surface area (Å²) in [5.41, 5.74) is 0.572. The van der Waals surface area contributed by atoms with Crippen LogP contribution in [0.3, 0.4) is 0 Å². The van der Waals surface area contributed by atoms with E-state index in [4.69, 9.17) is 9.47 Å². The largest absolute Gasteiger partial charge is 0.454 e. The highest BCUT2D eigenvalue weighted by Crippen LogP contribution is 2.34. The van der Waals surface area contributed by atoms with Gasteiger partial charge in [0.05, 0.1) is 11.7 Å². The lowest BCUT2D eigenvalue weighted by Crippen LogP contribution is -2.49. The van der Waals surface area contributed by atoms with E-state index >= 15 is 0 Å². The summed E-state index contributed by atoms with van der Waals surface area (Å²) in [4.78, 5) is 46.6. The molecular weight excluding hydrogens is 621 g/mol. The van der Waals surface area contributed by atoms with E-state index < -0.39 is 15.6 Å². The third kappa shape index (κ3) is 5.74. The van der Waals surface area contributed by atoms with Gasteiger partial charge in [0.2, 0.25) is 28.7 Å². The molecule has 16 heteroatoms. The molecule has 0 unspecified atom stereocenters. The van der Waals surface area contributed by atoms with Crippen LogP contribution < -0.4 is 19.9 Å². The van der Waals surface area contributed by atoms with E-state index in [1.54, 1.807) is 30.3 Å². The fraction of sp³-hybridized carbons (Fsp3) is 0.414. The smallest absolute Gasteiger partial charge is 0.263 e. The Morgan fingerprint density at radius 2 is 1.69 bits per heavy atom. The van der Waals surface area contributed by atoms with Gasteiger partial charge in [0.1, 0.15) is 16.3 Å². The van der Waals surface area contributed by atoms with Crippen LogP contribution in [0.2, 0.25) is 0 Å². The third-order valence-electron chi connectivity index (χ3n) is 8.34. The summed E-state index contributed by atoms with van der Waals surface area (Å²) in [6, 6.07) is 7.64. The predicted molar refractivity (Wildman–Crippen MR) is 166 cm³/mol. The normalized spacial score (nSPS) is 17.7. The zero-order valence-corrected chi connectivity index (χ0v) is 26.3. The average Bonchev–Trinajstić information content (AvgIpc) is 3.67. The van der Waals surface area contributed by atoms with E-state index in [2.05, 4.69) is 19.9 Å². The van der Waals surface area contributed by atoms with Crippen molar-refractivity contribution in [1.29, 1.82) is 0 Å². The molecule has 0 atom stereocenters. The van der Waals surface area contributed by atoms with Crippen LogP contribution >= 0.6 is 11.3 Å². The summed E-state index contributed by atoms with van der Waals surface area (Å²) < 4.78 is 41.3. The van der Waals surface area contributed by atoms with Gasteiger partial charge in [0, 0.05) is 76.2 Å². The number of amides is 1. The third-order valence-corrected chi connectivity index (χ3v) is 11.6. The SMILES string of the molecule is Cc1sc2ncn(CC(=O)N3CCN(Cc4ccc5c(c4)OCO5)CC3)c(=O)c2c1S(=O)(=O)N1CCN(c2ncccn2)CC1. The number of aromatic nitrogens is 4. The molecule has 4 aromatic rings. The van der Waals surface area contributed by atoms with Crippen molar-refractivity contribution in [3.8, 4) is 11.5 Å². The van der Waals surface area contributed by atoms with Gasteiger partial charge in [0.15, 0.2) is 11.5 Å². The number of thiophene rings is 1. The van der Waals surface area contributed by atoms with Gasteiger partial charge in [-0.1, -0.05) is 6.07 Å². The molecule has 0 saturated carbocycles. The van der Waals surface area contributed by atoms with Gasteiger partial charge in [0.25, 0.3) is 5.56 Å². The Bertz CT molecular complexity index is 1900. The first-order chi connectivity index (χ1) is 21.8. The lowest BCUT2D eigenvalue weighted by molar-refractivity contribution is -0.133. The molecule has 0 N–H and O–H groups in total. The van der Waals surface area contributed by atoms with E-state index in [1.165, 1.54) is 26.5 Å². The number of sulfonamides is 1. The van der Waals surface area contributed by atoms with E-state index in [1.807, 2.05) is 23.1 Å². The highest BCUT2D eigenvalue weighted by molar-refractivity contribution is 7.89. The zero-order chi connectivity index (χ0) is 31.1. The molecule has 3 aliphatic heterocycles. The summed E-state index contributed by atoms with van der Waals surface area (Å²) in [7, 11) is -4.00. The predicted octanol–water partition coefficient (Wildman–Crippen LogP) is 1.14. The highest BCUT2D eigenvalue weighted by Gasteiger charge is 2.34. The molecule has 0 radical (unpaired) electrons. The molecule has 0 bridgehead atoms. The van der Waals surface area contributed by atoms with Gasteiger partial charge < -0.3 is 19.3 Å². The molecule has 6 heterocycles. The fourth-order valence-corrected chi connectivity index (χ4v) is 9.04. The molecule has 1 aromatic carbocycles. The van der Waals surface area contributed by atoms with Gasteiger partial charge in [-0.3, -0.25) is 19.1 Å². The first kappa shape index (κ1) is 29.6. The van der Waals surface area contributed by atoms with Crippen molar-refractivity contribution in [3.63, 3.8) is 0 Å². The number of nitrogens with zero attached hydrogens (tertiary/aromatic N) is 8. The summed E-state index contributed by atoms with van der Waals surface area (Å²) in [5.74, 6) is 1.83. The molecule has 14 nitrogen and oxygen atoms in total. The maximum atomic E-state index is 13.9. The number of rotatable bonds is 7. The van der Waals surface area contributed by atoms with Crippen molar-refractivity contribution >= 4 is 43.4 Å². The van der Waals surface area contributed by atoms with Gasteiger partial charge >= 0.3 is 0 Å². The second kappa shape index (κ2) is 12.0. The van der Waals surface area contributed by atoms with Crippen molar-refractivity contribution in [2.24, 2.45) is 0 Å². The number of fused-ring (bicyclic) bond motifs is 2. The van der Waals surface area contributed by atoms with Crippen LogP contribution in [0, 0.1) is 6.92 Å². The van der Waals surface area contributed by atoms with Crippen LogP contribution in [0.4, 0.5) is 5.95 Å². The summed E-state index contributed by atoms with van der Waals surface area (Å²) >= 11 is 1.17. The number of carbonyl (C=O) groups excluding carboxylic acids is 1. The number of aryl methyl sites for hydroxylation is 1. The van der Waals surface area contributed by atoms with E-state index in [0.29, 0.717) is 54.9 Å². The van der Waals surface area contributed by atoms with Crippen LogP contribution in [0.15, 0.2) is 52.7 Å². The minimum atomic E-state index is -4.00. The Morgan fingerprint density at radius 3 is 2.44 bits per heavy atom. The van der Waals surface area contributed by atoms with E-state index in [0.717, 1.165) is 23.6 Å². The van der Waals surface area contributed by atoms with Crippen molar-refractivity contribution in [1.82, 2.24) is 33.6 Å². The van der Waals surface area contributed by atoms with Crippen molar-refractivity contribution < 1.29 is 22.7 Å². The number of anilines is 1. The van der Waals surface area contributed by atoms with Crippen LogP contribution in [0.1, 0.15) is 10.4 Å². The van der Waals surface area contributed by atoms with Gasteiger partial charge in [-0.25, -0.2) is 23.4 Å². The molecule has 3 aliphatic rings.